The van der Waals surface area contributed by atoms with Crippen molar-refractivity contribution in [3.8, 4) is 5.75 Å². The van der Waals surface area contributed by atoms with Gasteiger partial charge in [-0.05, 0) is 0 Å². The summed E-state index contributed by atoms with van der Waals surface area (Å²) in [7, 11) is 0. The van der Waals surface area contributed by atoms with Gasteiger partial charge in [0, 0.05) is 12.3 Å². The number of hydrogen-bond donors (Lipinski definition) is 0. The Balaban J connectivity index is 2.17. The molecule has 2 aromatic rings. The predicted octanol–water partition coefficient (Wildman–Crippen LogP) is 3.56. The van der Waals surface area contributed by atoms with E-state index in [1.165, 1.54) is 6.20 Å². The Labute approximate surface area is 114 Å². The molecule has 9 heteroatoms. The van der Waals surface area contributed by atoms with Gasteiger partial charge < -0.3 is 4.74 Å². The quantitative estimate of drug-likeness (QED) is 0.640. The monoisotopic (exact) mass is 306 g/mol. The van der Waals surface area contributed by atoms with Crippen molar-refractivity contribution in [1.29, 1.82) is 0 Å². The summed E-state index contributed by atoms with van der Waals surface area (Å²) in [6.07, 6.45) is 1.44. The minimum atomic E-state index is -1.16. The highest BCUT2D eigenvalue weighted by Crippen LogP contribution is 2.27. The lowest BCUT2D eigenvalue weighted by atomic mass is 10.3. The third kappa shape index (κ3) is 3.15. The lowest BCUT2D eigenvalue weighted by molar-refractivity contribution is -0.387. The van der Waals surface area contributed by atoms with Crippen LogP contribution in [0.15, 0.2) is 18.3 Å². The SMILES string of the molecule is O=[N+]([O-])c1cc(F)c(OCc2cnc(Cl)s2)cc1F. The molecule has 0 aliphatic carbocycles. The van der Waals surface area contributed by atoms with Crippen LogP contribution in [0.4, 0.5) is 14.5 Å². The van der Waals surface area contributed by atoms with Crippen LogP contribution in [-0.2, 0) is 6.61 Å². The van der Waals surface area contributed by atoms with E-state index in [4.69, 9.17) is 16.3 Å². The number of nitrogens with zero attached hydrogens (tertiary/aromatic N) is 2. The Morgan fingerprint density at radius 3 is 2.74 bits per heavy atom. The van der Waals surface area contributed by atoms with E-state index in [1.807, 2.05) is 0 Å². The van der Waals surface area contributed by atoms with Crippen molar-refractivity contribution >= 4 is 28.6 Å². The summed E-state index contributed by atoms with van der Waals surface area (Å²) in [6.45, 7) is -0.0570. The smallest absolute Gasteiger partial charge is 0.307 e. The first kappa shape index (κ1) is 13.6. The van der Waals surface area contributed by atoms with Gasteiger partial charge in [-0.2, -0.15) is 4.39 Å². The van der Waals surface area contributed by atoms with Crippen LogP contribution in [0.2, 0.25) is 4.47 Å². The van der Waals surface area contributed by atoms with Gasteiger partial charge in [0.2, 0.25) is 5.82 Å². The second-order valence-electron chi connectivity index (χ2n) is 3.36. The number of ether oxygens (including phenoxy) is 1. The molecule has 1 aromatic heterocycles. The maximum atomic E-state index is 13.5. The molecule has 0 aliphatic heterocycles. The van der Waals surface area contributed by atoms with Gasteiger partial charge in [0.1, 0.15) is 6.61 Å². The van der Waals surface area contributed by atoms with Crippen molar-refractivity contribution in [3.05, 3.63) is 49.4 Å². The van der Waals surface area contributed by atoms with Crippen molar-refractivity contribution in [2.75, 3.05) is 0 Å². The molecule has 0 radical (unpaired) electrons. The summed E-state index contributed by atoms with van der Waals surface area (Å²) < 4.78 is 32.1. The topological polar surface area (TPSA) is 65.3 Å². The Hall–Kier alpha value is -1.80. The lowest BCUT2D eigenvalue weighted by Gasteiger charge is -2.05. The molecule has 0 fully saturated rings. The van der Waals surface area contributed by atoms with Crippen LogP contribution in [0.5, 0.6) is 5.75 Å². The summed E-state index contributed by atoms with van der Waals surface area (Å²) in [5, 5.41) is 10.4. The molecule has 100 valence electrons. The molecule has 0 spiro atoms. The number of benzene rings is 1. The maximum Gasteiger partial charge on any atom is 0.307 e. The first-order valence-corrected chi connectivity index (χ1v) is 6.03. The van der Waals surface area contributed by atoms with Crippen molar-refractivity contribution in [2.24, 2.45) is 0 Å². The summed E-state index contributed by atoms with van der Waals surface area (Å²) in [5.41, 5.74) is -0.939. The number of halogens is 3. The minimum Gasteiger partial charge on any atom is -0.485 e. The molecule has 0 unspecified atom stereocenters. The van der Waals surface area contributed by atoms with E-state index in [0.717, 1.165) is 11.3 Å². The zero-order valence-corrected chi connectivity index (χ0v) is 10.7. The highest BCUT2D eigenvalue weighted by molar-refractivity contribution is 7.15. The van der Waals surface area contributed by atoms with E-state index in [-0.39, 0.29) is 6.61 Å². The minimum absolute atomic E-state index is 0.0570. The molecule has 5 nitrogen and oxygen atoms in total. The van der Waals surface area contributed by atoms with E-state index >= 15 is 0 Å². The Kier molecular flexibility index (Phi) is 3.91. The highest BCUT2D eigenvalue weighted by atomic mass is 35.5. The average Bonchev–Trinajstić information content (AvgIpc) is 2.75. The number of hydrogen-bond acceptors (Lipinski definition) is 5. The molecular weight excluding hydrogens is 302 g/mol. The summed E-state index contributed by atoms with van der Waals surface area (Å²) in [4.78, 5) is 13.8. The first-order valence-electron chi connectivity index (χ1n) is 4.84. The molecule has 0 atom stereocenters. The van der Waals surface area contributed by atoms with Crippen LogP contribution in [0.25, 0.3) is 0 Å². The van der Waals surface area contributed by atoms with E-state index in [0.29, 0.717) is 21.5 Å². The van der Waals surface area contributed by atoms with Crippen molar-refractivity contribution < 1.29 is 18.4 Å². The molecular formula is C10H5ClF2N2O3S. The normalized spacial score (nSPS) is 10.5. The Bertz CT molecular complexity index is 635. The number of thiazole rings is 1. The second-order valence-corrected chi connectivity index (χ2v) is 5.06. The van der Waals surface area contributed by atoms with Gasteiger partial charge >= 0.3 is 5.69 Å². The standard InChI is InChI=1S/C10H5ClF2N2O3S/c11-10-14-3-5(19-10)4-18-9-2-6(12)8(15(16)17)1-7(9)13/h1-3H,4H2. The molecule has 2 rings (SSSR count). The third-order valence-electron chi connectivity index (χ3n) is 2.09. The number of nitro benzene ring substituents is 1. The molecule has 0 bridgehead atoms. The molecule has 19 heavy (non-hydrogen) atoms. The molecule has 0 saturated heterocycles. The summed E-state index contributed by atoms with van der Waals surface area (Å²) >= 11 is 6.73. The van der Waals surface area contributed by atoms with Gasteiger partial charge in [-0.3, -0.25) is 10.1 Å². The van der Waals surface area contributed by atoms with E-state index in [2.05, 4.69) is 4.98 Å². The van der Waals surface area contributed by atoms with Gasteiger partial charge in [0.05, 0.1) is 15.9 Å². The van der Waals surface area contributed by atoms with Crippen LogP contribution in [0.3, 0.4) is 0 Å². The maximum absolute atomic E-state index is 13.5. The second kappa shape index (κ2) is 5.45. The lowest BCUT2D eigenvalue weighted by Crippen LogP contribution is -1.99. The van der Waals surface area contributed by atoms with Gasteiger partial charge in [0.25, 0.3) is 0 Å². The molecule has 0 amide bonds. The number of aromatic nitrogens is 1. The molecule has 0 aliphatic rings. The van der Waals surface area contributed by atoms with Crippen LogP contribution in [0.1, 0.15) is 4.88 Å². The fourth-order valence-electron chi connectivity index (χ4n) is 1.27. The zero-order chi connectivity index (χ0) is 14.0. The first-order chi connectivity index (χ1) is 8.97. The van der Waals surface area contributed by atoms with Crippen LogP contribution in [0, 0.1) is 21.7 Å². The number of nitro groups is 1. The average molecular weight is 307 g/mol. The predicted molar refractivity (Wildman–Crippen MR) is 64.5 cm³/mol. The number of rotatable bonds is 4. The molecule has 0 saturated carbocycles. The van der Waals surface area contributed by atoms with Crippen LogP contribution in [-0.4, -0.2) is 9.91 Å². The fourth-order valence-corrected chi connectivity index (χ4v) is 2.16. The van der Waals surface area contributed by atoms with E-state index < -0.39 is 28.0 Å². The largest absolute Gasteiger partial charge is 0.485 e. The molecule has 1 aromatic carbocycles. The Morgan fingerprint density at radius 2 is 2.16 bits per heavy atom. The summed E-state index contributed by atoms with van der Waals surface area (Å²) in [5.74, 6) is -2.58. The van der Waals surface area contributed by atoms with Gasteiger partial charge in [-0.25, -0.2) is 9.37 Å². The molecule has 0 N–H and O–H groups in total. The van der Waals surface area contributed by atoms with E-state index in [9.17, 15) is 18.9 Å². The van der Waals surface area contributed by atoms with Crippen LogP contribution >= 0.6 is 22.9 Å². The van der Waals surface area contributed by atoms with Crippen molar-refractivity contribution in [1.82, 2.24) is 4.98 Å². The molecule has 1 heterocycles. The van der Waals surface area contributed by atoms with Gasteiger partial charge in [-0.15, -0.1) is 11.3 Å². The van der Waals surface area contributed by atoms with E-state index in [1.54, 1.807) is 0 Å². The van der Waals surface area contributed by atoms with Crippen molar-refractivity contribution in [3.63, 3.8) is 0 Å². The summed E-state index contributed by atoms with van der Waals surface area (Å²) in [6, 6.07) is 1.11. The Morgan fingerprint density at radius 1 is 1.42 bits per heavy atom. The van der Waals surface area contributed by atoms with Crippen LogP contribution < -0.4 is 4.74 Å². The fraction of sp³-hybridized carbons (Fsp3) is 0.100. The van der Waals surface area contributed by atoms with Crippen molar-refractivity contribution in [2.45, 2.75) is 6.61 Å². The van der Waals surface area contributed by atoms with Gasteiger partial charge in [0.15, 0.2) is 16.0 Å². The third-order valence-corrected chi connectivity index (χ3v) is 3.18. The zero-order valence-electron chi connectivity index (χ0n) is 9.10. The van der Waals surface area contributed by atoms with Gasteiger partial charge in [-0.1, -0.05) is 11.6 Å². The highest BCUT2D eigenvalue weighted by Gasteiger charge is 2.19.